The number of nitrogens with zero attached hydrogens (tertiary/aromatic N) is 6. The predicted molar refractivity (Wildman–Crippen MR) is 166 cm³/mol. The Kier molecular flexibility index (Phi) is 6.20. The third-order valence-corrected chi connectivity index (χ3v) is 10.9. The zero-order chi connectivity index (χ0) is 30.3. The molecule has 3 atom stereocenters. The van der Waals surface area contributed by atoms with Crippen molar-refractivity contribution >= 4 is 33.7 Å². The Balaban J connectivity index is 1.23. The topological polar surface area (TPSA) is 121 Å². The van der Waals surface area contributed by atoms with Crippen LogP contribution in [0.4, 0.5) is 15.0 Å². The number of hydrogen-bond donors (Lipinski definition) is 2. The van der Waals surface area contributed by atoms with Crippen LogP contribution in [-0.2, 0) is 4.74 Å². The van der Waals surface area contributed by atoms with Crippen molar-refractivity contribution in [1.82, 2.24) is 35.4 Å². The van der Waals surface area contributed by atoms with Crippen molar-refractivity contribution in [1.29, 1.82) is 0 Å². The summed E-state index contributed by atoms with van der Waals surface area (Å²) >= 11 is 0. The lowest BCUT2D eigenvalue weighted by atomic mass is 9.91. The molecular formula is C33H37FN8O3. The number of benzene rings is 1. The quantitative estimate of drug-likeness (QED) is 0.335. The molecule has 3 unspecified atom stereocenters. The summed E-state index contributed by atoms with van der Waals surface area (Å²) in [5, 5.41) is 11.8. The number of carbonyl (C=O) groups is 1. The highest BCUT2D eigenvalue weighted by molar-refractivity contribution is 6.00. The van der Waals surface area contributed by atoms with Crippen LogP contribution in [-0.4, -0.2) is 87.1 Å². The van der Waals surface area contributed by atoms with Crippen molar-refractivity contribution < 1.29 is 18.7 Å². The fourth-order valence-corrected chi connectivity index (χ4v) is 8.60. The lowest BCUT2D eigenvalue weighted by Gasteiger charge is -2.34. The predicted octanol–water partition coefficient (Wildman–Crippen LogP) is 4.83. The second-order valence-corrected chi connectivity index (χ2v) is 13.7. The molecule has 234 valence electrons. The van der Waals surface area contributed by atoms with E-state index in [4.69, 9.17) is 24.4 Å². The number of aromatic nitrogens is 5. The minimum Gasteiger partial charge on any atom is -0.461 e. The maximum Gasteiger partial charge on any atom is 0.407 e. The number of hydrogen-bond acceptors (Lipinski definition) is 9. The maximum atomic E-state index is 17.1. The van der Waals surface area contributed by atoms with Crippen LogP contribution in [0.1, 0.15) is 62.0 Å². The summed E-state index contributed by atoms with van der Waals surface area (Å²) < 4.78 is 29.2. The maximum absolute atomic E-state index is 17.1. The summed E-state index contributed by atoms with van der Waals surface area (Å²) in [7, 11) is 0. The van der Waals surface area contributed by atoms with E-state index in [-0.39, 0.29) is 40.6 Å². The standard InChI is InChI=1S/C33H37FN8O3/c1-18-11-24-22(14-36-40-24)26-25(18)21-12-19(21)16-44-32(43)37-20-5-2-8-41(15-20)30-23-13-35-29(26)27(34)28(23)38-31(39-30)45-17-33-6-3-9-42(33)10-4-7-33/h11,13-14,19-21H,2-10,12,15-17H2,1H3,(H,36,40)(H,37,43). The van der Waals surface area contributed by atoms with Crippen LogP contribution in [0.3, 0.4) is 0 Å². The van der Waals surface area contributed by atoms with Crippen molar-refractivity contribution in [2.75, 3.05) is 44.3 Å². The fraction of sp³-hybridized carbons (Fsp3) is 0.545. The van der Waals surface area contributed by atoms with Gasteiger partial charge in [-0.15, -0.1) is 0 Å². The number of H-pyrrole nitrogens is 1. The van der Waals surface area contributed by atoms with Gasteiger partial charge in [-0.2, -0.15) is 15.1 Å². The largest absolute Gasteiger partial charge is 0.461 e. The molecule has 0 radical (unpaired) electrons. The first-order valence-electron chi connectivity index (χ1n) is 16.4. The molecule has 4 fully saturated rings. The van der Waals surface area contributed by atoms with E-state index in [1.54, 1.807) is 12.4 Å². The molecule has 5 aliphatic heterocycles. The number of pyridine rings is 1. The SMILES string of the molecule is Cc1cc2[nH]ncc2c2c1C1CC1COC(=O)NC1CCCN(C1)c1nc(OCC34CCCN3CCC4)nc3c(F)c-2ncc13. The van der Waals surface area contributed by atoms with Crippen molar-refractivity contribution in [3.8, 4) is 17.3 Å². The highest BCUT2D eigenvalue weighted by Crippen LogP contribution is 2.53. The molecule has 0 spiro atoms. The first kappa shape index (κ1) is 27.3. The molecule has 2 N–H and O–H groups in total. The molecule has 10 rings (SSSR count). The molecule has 1 saturated carbocycles. The molecule has 3 saturated heterocycles. The minimum atomic E-state index is -0.487. The lowest BCUT2D eigenvalue weighted by molar-refractivity contribution is 0.108. The smallest absolute Gasteiger partial charge is 0.407 e. The van der Waals surface area contributed by atoms with Gasteiger partial charge in [-0.05, 0) is 88.1 Å². The number of anilines is 1. The Bertz CT molecular complexity index is 1830. The van der Waals surface area contributed by atoms with Gasteiger partial charge in [0.15, 0.2) is 5.82 Å². The highest BCUT2D eigenvalue weighted by Gasteiger charge is 2.45. The Morgan fingerprint density at radius 2 is 2.00 bits per heavy atom. The number of aryl methyl sites for hydroxylation is 1. The number of aromatic amines is 1. The monoisotopic (exact) mass is 612 g/mol. The number of alkyl carbamates (subject to hydrolysis) is 1. The van der Waals surface area contributed by atoms with Crippen molar-refractivity contribution in [3.05, 3.63) is 35.4 Å². The van der Waals surface area contributed by atoms with Gasteiger partial charge < -0.3 is 19.7 Å². The summed E-state index contributed by atoms with van der Waals surface area (Å²) in [6, 6.07) is 2.11. The van der Waals surface area contributed by atoms with E-state index in [2.05, 4.69) is 31.4 Å². The molecule has 4 aromatic rings. The summed E-state index contributed by atoms with van der Waals surface area (Å²) in [6.45, 7) is 6.23. The molecule has 1 aliphatic carbocycles. The van der Waals surface area contributed by atoms with Gasteiger partial charge in [0.1, 0.15) is 23.6 Å². The third kappa shape index (κ3) is 4.43. The molecule has 45 heavy (non-hydrogen) atoms. The van der Waals surface area contributed by atoms with E-state index in [0.29, 0.717) is 43.1 Å². The average Bonchev–Trinajstić information content (AvgIpc) is 3.30. The molecule has 6 bridgehead atoms. The molecule has 11 nitrogen and oxygen atoms in total. The van der Waals surface area contributed by atoms with Crippen LogP contribution in [0, 0.1) is 18.7 Å². The molecule has 6 aliphatic rings. The van der Waals surface area contributed by atoms with Crippen LogP contribution in [0.5, 0.6) is 6.01 Å². The van der Waals surface area contributed by atoms with Crippen LogP contribution in [0.15, 0.2) is 18.5 Å². The first-order valence-corrected chi connectivity index (χ1v) is 16.4. The van der Waals surface area contributed by atoms with Gasteiger partial charge in [-0.25, -0.2) is 9.18 Å². The van der Waals surface area contributed by atoms with Gasteiger partial charge in [0.25, 0.3) is 0 Å². The third-order valence-electron chi connectivity index (χ3n) is 10.9. The zero-order valence-electron chi connectivity index (χ0n) is 25.4. The number of rotatable bonds is 3. The van der Waals surface area contributed by atoms with E-state index in [9.17, 15) is 4.79 Å². The minimum absolute atomic E-state index is 0.00114. The van der Waals surface area contributed by atoms with Gasteiger partial charge in [0.2, 0.25) is 0 Å². The Labute approximate surface area is 259 Å². The van der Waals surface area contributed by atoms with Gasteiger partial charge in [0.05, 0.1) is 29.2 Å². The normalized spacial score (nSPS) is 25.7. The van der Waals surface area contributed by atoms with E-state index in [1.807, 2.05) is 6.92 Å². The Hall–Kier alpha value is -4.06. The molecule has 12 heteroatoms. The molecule has 1 aromatic carbocycles. The molecule has 1 amide bonds. The van der Waals surface area contributed by atoms with Gasteiger partial charge in [-0.3, -0.25) is 15.0 Å². The van der Waals surface area contributed by atoms with Crippen molar-refractivity contribution in [2.45, 2.75) is 69.4 Å². The summed E-state index contributed by atoms with van der Waals surface area (Å²) in [5.74, 6) is 0.351. The fourth-order valence-electron chi connectivity index (χ4n) is 8.60. The second kappa shape index (κ2) is 10.2. The van der Waals surface area contributed by atoms with Crippen LogP contribution in [0.25, 0.3) is 33.1 Å². The van der Waals surface area contributed by atoms with E-state index in [0.717, 1.165) is 80.1 Å². The average molecular weight is 613 g/mol. The molecule has 3 aromatic heterocycles. The van der Waals surface area contributed by atoms with Crippen LogP contribution in [0.2, 0.25) is 0 Å². The first-order chi connectivity index (χ1) is 22.0. The summed E-state index contributed by atoms with van der Waals surface area (Å²) in [4.78, 5) is 32.0. The van der Waals surface area contributed by atoms with Gasteiger partial charge >= 0.3 is 12.1 Å². The number of ether oxygens (including phenoxy) is 2. The van der Waals surface area contributed by atoms with E-state index < -0.39 is 11.9 Å². The number of fused-ring (bicyclic) bond motifs is 6. The Morgan fingerprint density at radius 3 is 2.87 bits per heavy atom. The number of nitrogens with one attached hydrogen (secondary N) is 2. The summed E-state index contributed by atoms with van der Waals surface area (Å²) in [6.07, 6.45) is 10.1. The second-order valence-electron chi connectivity index (χ2n) is 13.7. The van der Waals surface area contributed by atoms with Gasteiger partial charge in [-0.1, -0.05) is 0 Å². The molecular weight excluding hydrogens is 575 g/mol. The number of piperidine rings is 1. The van der Waals surface area contributed by atoms with Crippen LogP contribution >= 0.6 is 0 Å². The van der Waals surface area contributed by atoms with Crippen LogP contribution < -0.4 is 15.0 Å². The lowest BCUT2D eigenvalue weighted by Crippen LogP contribution is -2.48. The number of halogens is 1. The molecule has 8 heterocycles. The van der Waals surface area contributed by atoms with Crippen molar-refractivity contribution in [3.63, 3.8) is 0 Å². The van der Waals surface area contributed by atoms with Gasteiger partial charge in [0, 0.05) is 42.2 Å². The highest BCUT2D eigenvalue weighted by atomic mass is 19.1. The number of carbonyl (C=O) groups excluding carboxylic acids is 1. The number of amides is 1. The summed E-state index contributed by atoms with van der Waals surface area (Å²) in [5.41, 5.74) is 4.01. The zero-order valence-corrected chi connectivity index (χ0v) is 25.4. The Morgan fingerprint density at radius 1 is 1.13 bits per heavy atom. The van der Waals surface area contributed by atoms with E-state index in [1.165, 1.54) is 0 Å². The van der Waals surface area contributed by atoms with E-state index >= 15 is 4.39 Å². The van der Waals surface area contributed by atoms with Crippen molar-refractivity contribution in [2.24, 2.45) is 5.92 Å².